The van der Waals surface area contributed by atoms with Crippen LogP contribution in [0.15, 0.2) is 53.0 Å². The van der Waals surface area contributed by atoms with Crippen LogP contribution in [0.25, 0.3) is 0 Å². The first-order valence-electron chi connectivity index (χ1n) is 6.11. The SMILES string of the molecule is N=C(N)c1cccc(OCCOc2cccc(Br)c2)c1. The molecule has 0 fully saturated rings. The number of nitrogen functional groups attached to an aromatic ring is 1. The van der Waals surface area contributed by atoms with Gasteiger partial charge in [-0.05, 0) is 30.3 Å². The highest BCUT2D eigenvalue weighted by molar-refractivity contribution is 9.10. The van der Waals surface area contributed by atoms with Gasteiger partial charge in [-0.2, -0.15) is 0 Å². The van der Waals surface area contributed by atoms with Gasteiger partial charge < -0.3 is 15.2 Å². The number of halogens is 1. The zero-order valence-electron chi connectivity index (χ0n) is 10.8. The third-order valence-electron chi connectivity index (χ3n) is 2.56. The predicted molar refractivity (Wildman–Crippen MR) is 82.6 cm³/mol. The Morgan fingerprint density at radius 2 is 1.60 bits per heavy atom. The Bertz CT molecular complexity index is 602. The molecule has 0 aliphatic carbocycles. The Balaban J connectivity index is 1.81. The molecule has 0 radical (unpaired) electrons. The van der Waals surface area contributed by atoms with E-state index in [1.165, 1.54) is 0 Å². The Labute approximate surface area is 126 Å². The maximum Gasteiger partial charge on any atom is 0.122 e. The van der Waals surface area contributed by atoms with E-state index < -0.39 is 0 Å². The maximum atomic E-state index is 7.37. The number of hydrogen-bond acceptors (Lipinski definition) is 3. The normalized spacial score (nSPS) is 10.1. The topological polar surface area (TPSA) is 68.3 Å². The molecular formula is C15H15BrN2O2. The van der Waals surface area contributed by atoms with E-state index >= 15 is 0 Å². The summed E-state index contributed by atoms with van der Waals surface area (Å²) >= 11 is 3.39. The summed E-state index contributed by atoms with van der Waals surface area (Å²) in [5.74, 6) is 1.50. The lowest BCUT2D eigenvalue weighted by Crippen LogP contribution is -2.12. The van der Waals surface area contributed by atoms with Gasteiger partial charge in [0.1, 0.15) is 30.5 Å². The summed E-state index contributed by atoms with van der Waals surface area (Å²) < 4.78 is 12.1. The van der Waals surface area contributed by atoms with E-state index in [1.54, 1.807) is 18.2 Å². The van der Waals surface area contributed by atoms with Crippen LogP contribution in [0.3, 0.4) is 0 Å². The number of rotatable bonds is 6. The Morgan fingerprint density at radius 3 is 2.20 bits per heavy atom. The summed E-state index contributed by atoms with van der Waals surface area (Å²) in [6, 6.07) is 14.8. The van der Waals surface area contributed by atoms with Crippen LogP contribution >= 0.6 is 15.9 Å². The quantitative estimate of drug-likeness (QED) is 0.484. The molecule has 0 saturated heterocycles. The van der Waals surface area contributed by atoms with Gasteiger partial charge >= 0.3 is 0 Å². The summed E-state index contributed by atoms with van der Waals surface area (Å²) in [6.07, 6.45) is 0. The van der Waals surface area contributed by atoms with Crippen molar-refractivity contribution in [3.8, 4) is 11.5 Å². The molecule has 0 unspecified atom stereocenters. The Morgan fingerprint density at radius 1 is 1.00 bits per heavy atom. The second-order valence-corrected chi connectivity index (χ2v) is 5.01. The van der Waals surface area contributed by atoms with E-state index in [2.05, 4.69) is 15.9 Å². The highest BCUT2D eigenvalue weighted by Gasteiger charge is 2.00. The summed E-state index contributed by atoms with van der Waals surface area (Å²) in [5, 5.41) is 7.37. The van der Waals surface area contributed by atoms with E-state index in [9.17, 15) is 0 Å². The standard InChI is InChI=1S/C15H15BrN2O2/c16-12-4-2-6-14(10-12)20-8-7-19-13-5-1-3-11(9-13)15(17)18/h1-6,9-10H,7-8H2,(H3,17,18). The van der Waals surface area contributed by atoms with Crippen molar-refractivity contribution in [3.63, 3.8) is 0 Å². The minimum Gasteiger partial charge on any atom is -0.490 e. The molecule has 0 spiro atoms. The van der Waals surface area contributed by atoms with Crippen LogP contribution in [0.2, 0.25) is 0 Å². The summed E-state index contributed by atoms with van der Waals surface area (Å²) in [6.45, 7) is 0.870. The van der Waals surface area contributed by atoms with Gasteiger partial charge in [0.2, 0.25) is 0 Å². The van der Waals surface area contributed by atoms with Crippen LogP contribution < -0.4 is 15.2 Å². The number of amidine groups is 1. The van der Waals surface area contributed by atoms with Crippen LogP contribution in [0.1, 0.15) is 5.56 Å². The van der Waals surface area contributed by atoms with Crippen molar-refractivity contribution in [2.45, 2.75) is 0 Å². The number of nitrogens with two attached hydrogens (primary N) is 1. The highest BCUT2D eigenvalue weighted by Crippen LogP contribution is 2.18. The largest absolute Gasteiger partial charge is 0.490 e. The molecule has 0 bridgehead atoms. The molecule has 0 heterocycles. The van der Waals surface area contributed by atoms with Gasteiger partial charge in [0.25, 0.3) is 0 Å². The van der Waals surface area contributed by atoms with Crippen molar-refractivity contribution < 1.29 is 9.47 Å². The van der Waals surface area contributed by atoms with Crippen LogP contribution in [0.5, 0.6) is 11.5 Å². The summed E-state index contributed by atoms with van der Waals surface area (Å²) in [7, 11) is 0. The molecule has 5 heteroatoms. The van der Waals surface area contributed by atoms with Gasteiger partial charge in [-0.3, -0.25) is 5.41 Å². The second-order valence-electron chi connectivity index (χ2n) is 4.10. The molecule has 0 amide bonds. The number of benzene rings is 2. The number of ether oxygens (including phenoxy) is 2. The Kier molecular flexibility index (Phi) is 5.01. The van der Waals surface area contributed by atoms with Gasteiger partial charge in [0.05, 0.1) is 0 Å². The smallest absolute Gasteiger partial charge is 0.122 e. The molecule has 3 N–H and O–H groups in total. The molecule has 0 aliphatic heterocycles. The lowest BCUT2D eigenvalue weighted by atomic mass is 10.2. The average Bonchev–Trinajstić information content (AvgIpc) is 2.44. The van der Waals surface area contributed by atoms with E-state index in [-0.39, 0.29) is 5.84 Å². The molecule has 2 rings (SSSR count). The van der Waals surface area contributed by atoms with Crippen LogP contribution in [-0.2, 0) is 0 Å². The molecule has 2 aromatic rings. The molecule has 0 aliphatic rings. The fourth-order valence-electron chi connectivity index (χ4n) is 1.63. The zero-order valence-corrected chi connectivity index (χ0v) is 12.4. The van der Waals surface area contributed by atoms with Gasteiger partial charge in [0.15, 0.2) is 0 Å². The van der Waals surface area contributed by atoms with E-state index in [4.69, 9.17) is 20.6 Å². The molecule has 4 nitrogen and oxygen atoms in total. The molecular weight excluding hydrogens is 320 g/mol. The maximum absolute atomic E-state index is 7.37. The van der Waals surface area contributed by atoms with Crippen molar-refractivity contribution in [3.05, 3.63) is 58.6 Å². The first-order valence-corrected chi connectivity index (χ1v) is 6.90. The number of nitrogens with one attached hydrogen (secondary N) is 1. The number of hydrogen-bond donors (Lipinski definition) is 2. The van der Waals surface area contributed by atoms with Gasteiger partial charge in [-0.25, -0.2) is 0 Å². The van der Waals surface area contributed by atoms with Crippen LogP contribution in [0, 0.1) is 5.41 Å². The van der Waals surface area contributed by atoms with Crippen LogP contribution in [0.4, 0.5) is 0 Å². The minimum atomic E-state index is 0.0286. The van der Waals surface area contributed by atoms with E-state index in [0.29, 0.717) is 24.5 Å². The van der Waals surface area contributed by atoms with Crippen molar-refractivity contribution in [1.82, 2.24) is 0 Å². The highest BCUT2D eigenvalue weighted by atomic mass is 79.9. The first-order chi connectivity index (χ1) is 9.65. The molecule has 2 aromatic carbocycles. The lowest BCUT2D eigenvalue weighted by molar-refractivity contribution is 0.217. The molecule has 0 saturated carbocycles. The predicted octanol–water partition coefficient (Wildman–Crippen LogP) is 3.19. The van der Waals surface area contributed by atoms with Gasteiger partial charge in [0, 0.05) is 10.0 Å². The van der Waals surface area contributed by atoms with Crippen molar-refractivity contribution in [2.24, 2.45) is 5.73 Å². The summed E-state index contributed by atoms with van der Waals surface area (Å²) in [5.41, 5.74) is 6.07. The summed E-state index contributed by atoms with van der Waals surface area (Å²) in [4.78, 5) is 0. The van der Waals surface area contributed by atoms with E-state index in [0.717, 1.165) is 10.2 Å². The van der Waals surface area contributed by atoms with E-state index in [1.807, 2.05) is 30.3 Å². The fourth-order valence-corrected chi connectivity index (χ4v) is 2.01. The third kappa shape index (κ3) is 4.28. The monoisotopic (exact) mass is 334 g/mol. The minimum absolute atomic E-state index is 0.0286. The fraction of sp³-hybridized carbons (Fsp3) is 0.133. The van der Waals surface area contributed by atoms with Crippen molar-refractivity contribution in [2.75, 3.05) is 13.2 Å². The van der Waals surface area contributed by atoms with Crippen molar-refractivity contribution in [1.29, 1.82) is 5.41 Å². The van der Waals surface area contributed by atoms with Crippen LogP contribution in [-0.4, -0.2) is 19.0 Å². The lowest BCUT2D eigenvalue weighted by Gasteiger charge is -2.09. The molecule has 104 valence electrons. The molecule has 0 aromatic heterocycles. The average molecular weight is 335 g/mol. The zero-order chi connectivity index (χ0) is 14.4. The van der Waals surface area contributed by atoms with Gasteiger partial charge in [-0.1, -0.05) is 34.1 Å². The molecule has 20 heavy (non-hydrogen) atoms. The van der Waals surface area contributed by atoms with Crippen molar-refractivity contribution >= 4 is 21.8 Å². The second kappa shape index (κ2) is 6.96. The molecule has 0 atom stereocenters. The Hall–Kier alpha value is -2.01. The first kappa shape index (κ1) is 14.4. The third-order valence-corrected chi connectivity index (χ3v) is 3.06. The van der Waals surface area contributed by atoms with Gasteiger partial charge in [-0.15, -0.1) is 0 Å².